The fourth-order valence-electron chi connectivity index (χ4n) is 3.51. The van der Waals surface area contributed by atoms with Gasteiger partial charge in [-0.3, -0.25) is 19.6 Å². The molecular weight excluding hydrogens is 412 g/mol. The number of halogens is 1. The highest BCUT2D eigenvalue weighted by Crippen LogP contribution is 2.26. The molecular formula is C24H21ClN4O2. The van der Waals surface area contributed by atoms with Crippen LogP contribution >= 0.6 is 11.6 Å². The Labute approximate surface area is 184 Å². The van der Waals surface area contributed by atoms with E-state index in [0.29, 0.717) is 21.8 Å². The van der Waals surface area contributed by atoms with Gasteiger partial charge in [-0.2, -0.15) is 0 Å². The molecule has 0 unspecified atom stereocenters. The van der Waals surface area contributed by atoms with Crippen molar-refractivity contribution in [2.75, 3.05) is 5.32 Å². The summed E-state index contributed by atoms with van der Waals surface area (Å²) in [6, 6.07) is 10.9. The molecule has 0 aliphatic carbocycles. The van der Waals surface area contributed by atoms with Gasteiger partial charge in [-0.15, -0.1) is 0 Å². The normalized spacial score (nSPS) is 11.1. The third-order valence-corrected chi connectivity index (χ3v) is 5.40. The van der Waals surface area contributed by atoms with Gasteiger partial charge in [0.2, 0.25) is 5.91 Å². The fraction of sp³-hybridized carbons (Fsp3) is 0.167. The second-order valence-electron chi connectivity index (χ2n) is 7.54. The molecule has 4 aromatic rings. The highest BCUT2D eigenvalue weighted by Gasteiger charge is 2.19. The SMILES string of the molecule is CC(C)n1cc(C(=O)c2cncc(NC(=O)Cc3ccccc3Cl)c2)c2cnccc21. The molecule has 1 N–H and O–H groups in total. The number of ketones is 1. The summed E-state index contributed by atoms with van der Waals surface area (Å²) in [6.45, 7) is 4.12. The monoisotopic (exact) mass is 432 g/mol. The number of anilines is 1. The zero-order chi connectivity index (χ0) is 22.0. The Hall–Kier alpha value is -3.51. The minimum Gasteiger partial charge on any atom is -0.344 e. The number of rotatable bonds is 6. The lowest BCUT2D eigenvalue weighted by Crippen LogP contribution is -2.15. The number of hydrogen-bond donors (Lipinski definition) is 1. The summed E-state index contributed by atoms with van der Waals surface area (Å²) in [4.78, 5) is 34.0. The maximum atomic E-state index is 13.3. The first-order valence-corrected chi connectivity index (χ1v) is 10.3. The Morgan fingerprint density at radius 2 is 1.90 bits per heavy atom. The first-order valence-electron chi connectivity index (χ1n) is 9.91. The summed E-state index contributed by atoms with van der Waals surface area (Å²) in [5.74, 6) is -0.410. The smallest absolute Gasteiger partial charge is 0.228 e. The van der Waals surface area contributed by atoms with Crippen LogP contribution in [0.25, 0.3) is 10.9 Å². The molecule has 3 aromatic heterocycles. The topological polar surface area (TPSA) is 76.9 Å². The van der Waals surface area contributed by atoms with Gasteiger partial charge in [0.25, 0.3) is 0 Å². The molecule has 6 nitrogen and oxygen atoms in total. The summed E-state index contributed by atoms with van der Waals surface area (Å²) in [7, 11) is 0. The summed E-state index contributed by atoms with van der Waals surface area (Å²) >= 11 is 6.13. The zero-order valence-corrected chi connectivity index (χ0v) is 17.9. The Kier molecular flexibility index (Phi) is 5.82. The van der Waals surface area contributed by atoms with Crippen molar-refractivity contribution in [3.63, 3.8) is 0 Å². The van der Waals surface area contributed by atoms with Crippen molar-refractivity contribution in [1.82, 2.24) is 14.5 Å². The average molecular weight is 433 g/mol. The molecule has 0 aliphatic rings. The van der Waals surface area contributed by atoms with Crippen LogP contribution in [0.5, 0.6) is 0 Å². The van der Waals surface area contributed by atoms with Crippen molar-refractivity contribution in [2.45, 2.75) is 26.3 Å². The molecule has 0 spiro atoms. The number of carbonyl (C=O) groups excluding carboxylic acids is 2. The van der Waals surface area contributed by atoms with Gasteiger partial charge in [0.15, 0.2) is 5.78 Å². The van der Waals surface area contributed by atoms with Crippen LogP contribution in [0.4, 0.5) is 5.69 Å². The van der Waals surface area contributed by atoms with Crippen LogP contribution in [0.3, 0.4) is 0 Å². The van der Waals surface area contributed by atoms with E-state index in [-0.39, 0.29) is 24.2 Å². The molecule has 0 bridgehead atoms. The average Bonchev–Trinajstić information content (AvgIpc) is 3.15. The second kappa shape index (κ2) is 8.70. The van der Waals surface area contributed by atoms with Crippen LogP contribution < -0.4 is 5.32 Å². The Bertz CT molecular complexity index is 1280. The van der Waals surface area contributed by atoms with Crippen LogP contribution in [0, 0.1) is 0 Å². The lowest BCUT2D eigenvalue weighted by molar-refractivity contribution is -0.115. The van der Waals surface area contributed by atoms with Gasteiger partial charge in [0.1, 0.15) is 0 Å². The number of hydrogen-bond acceptors (Lipinski definition) is 4. The van der Waals surface area contributed by atoms with E-state index in [9.17, 15) is 9.59 Å². The number of aromatic nitrogens is 3. The Balaban J connectivity index is 1.59. The number of amides is 1. The van der Waals surface area contributed by atoms with E-state index in [1.807, 2.05) is 29.0 Å². The maximum Gasteiger partial charge on any atom is 0.228 e. The van der Waals surface area contributed by atoms with Gasteiger partial charge >= 0.3 is 0 Å². The largest absolute Gasteiger partial charge is 0.344 e. The molecule has 1 aromatic carbocycles. The first kappa shape index (κ1) is 20.8. The molecule has 4 rings (SSSR count). The van der Waals surface area contributed by atoms with Gasteiger partial charge < -0.3 is 9.88 Å². The molecule has 7 heteroatoms. The van der Waals surface area contributed by atoms with Gasteiger partial charge in [-0.05, 0) is 37.6 Å². The second-order valence-corrected chi connectivity index (χ2v) is 7.95. The van der Waals surface area contributed by atoms with Crippen LogP contribution in [-0.4, -0.2) is 26.2 Å². The Morgan fingerprint density at radius 3 is 2.68 bits per heavy atom. The molecule has 0 saturated carbocycles. The molecule has 31 heavy (non-hydrogen) atoms. The van der Waals surface area contributed by atoms with E-state index in [2.05, 4.69) is 29.1 Å². The van der Waals surface area contributed by atoms with E-state index in [0.717, 1.165) is 16.5 Å². The summed E-state index contributed by atoms with van der Waals surface area (Å²) < 4.78 is 2.05. The molecule has 0 aliphatic heterocycles. The highest BCUT2D eigenvalue weighted by atomic mass is 35.5. The quantitative estimate of drug-likeness (QED) is 0.431. The van der Waals surface area contributed by atoms with Crippen molar-refractivity contribution in [3.8, 4) is 0 Å². The third kappa shape index (κ3) is 4.34. The number of nitrogens with one attached hydrogen (secondary N) is 1. The summed E-state index contributed by atoms with van der Waals surface area (Å²) in [5, 5.41) is 4.12. The molecule has 0 saturated heterocycles. The molecule has 0 radical (unpaired) electrons. The number of fused-ring (bicyclic) bond motifs is 1. The molecule has 0 atom stereocenters. The number of nitrogens with zero attached hydrogens (tertiary/aromatic N) is 3. The van der Waals surface area contributed by atoms with E-state index < -0.39 is 0 Å². The standard InChI is InChI=1S/C24H21ClN4O2/c1-15(2)29-14-20(19-13-26-8-7-22(19)29)24(31)17-9-18(12-27-11-17)28-23(30)10-16-5-3-4-6-21(16)25/h3-9,11-15H,10H2,1-2H3,(H,28,30). The molecule has 156 valence electrons. The molecule has 1 amide bonds. The minimum atomic E-state index is -0.236. The van der Waals surface area contributed by atoms with Crippen LogP contribution in [-0.2, 0) is 11.2 Å². The summed E-state index contributed by atoms with van der Waals surface area (Å²) in [6.07, 6.45) is 8.41. The lowest BCUT2D eigenvalue weighted by Gasteiger charge is -2.08. The van der Waals surface area contributed by atoms with Crippen LogP contribution in [0.2, 0.25) is 5.02 Å². The predicted molar refractivity (Wildman–Crippen MR) is 122 cm³/mol. The fourth-order valence-corrected chi connectivity index (χ4v) is 3.72. The lowest BCUT2D eigenvalue weighted by atomic mass is 10.0. The number of carbonyl (C=O) groups is 2. The Morgan fingerprint density at radius 1 is 1.10 bits per heavy atom. The number of benzene rings is 1. The molecule has 0 fully saturated rings. The van der Waals surface area contributed by atoms with E-state index in [1.54, 1.807) is 30.6 Å². The van der Waals surface area contributed by atoms with Gasteiger partial charge in [-0.1, -0.05) is 29.8 Å². The van der Waals surface area contributed by atoms with E-state index in [1.165, 1.54) is 12.4 Å². The minimum absolute atomic E-state index is 0.130. The molecule has 3 heterocycles. The third-order valence-electron chi connectivity index (χ3n) is 5.03. The number of pyridine rings is 2. The highest BCUT2D eigenvalue weighted by molar-refractivity contribution is 6.31. The van der Waals surface area contributed by atoms with Crippen molar-refractivity contribution in [3.05, 3.63) is 89.1 Å². The van der Waals surface area contributed by atoms with Crippen LogP contribution in [0.1, 0.15) is 41.4 Å². The van der Waals surface area contributed by atoms with Crippen molar-refractivity contribution in [1.29, 1.82) is 0 Å². The van der Waals surface area contributed by atoms with Gasteiger partial charge in [0.05, 0.1) is 23.8 Å². The van der Waals surface area contributed by atoms with Gasteiger partial charge in [0, 0.05) is 52.4 Å². The first-order chi connectivity index (χ1) is 14.9. The van der Waals surface area contributed by atoms with E-state index >= 15 is 0 Å². The van der Waals surface area contributed by atoms with Gasteiger partial charge in [-0.25, -0.2) is 0 Å². The van der Waals surface area contributed by atoms with E-state index in [4.69, 9.17) is 11.6 Å². The maximum absolute atomic E-state index is 13.3. The predicted octanol–water partition coefficient (Wildman–Crippen LogP) is 5.08. The van der Waals surface area contributed by atoms with Crippen molar-refractivity contribution in [2.24, 2.45) is 0 Å². The summed E-state index contributed by atoms with van der Waals surface area (Å²) in [5.41, 5.74) is 3.08. The van der Waals surface area contributed by atoms with Crippen molar-refractivity contribution < 1.29 is 9.59 Å². The van der Waals surface area contributed by atoms with Crippen LogP contribution in [0.15, 0.2) is 67.4 Å². The van der Waals surface area contributed by atoms with Crippen molar-refractivity contribution >= 4 is 39.9 Å². The zero-order valence-electron chi connectivity index (χ0n) is 17.2.